The number of halogens is 1. The van der Waals surface area contributed by atoms with Gasteiger partial charge in [0, 0.05) is 29.7 Å². The van der Waals surface area contributed by atoms with Crippen LogP contribution in [0.2, 0.25) is 0 Å². The molecular weight excluding hydrogens is 414 g/mol. The van der Waals surface area contributed by atoms with Crippen molar-refractivity contribution in [3.05, 3.63) is 51.5 Å². The van der Waals surface area contributed by atoms with E-state index >= 15 is 0 Å². The number of hydrogen-bond acceptors (Lipinski definition) is 5. The second-order valence-electron chi connectivity index (χ2n) is 6.18. The van der Waals surface area contributed by atoms with Crippen LogP contribution >= 0.6 is 27.7 Å². The second-order valence-corrected chi connectivity index (χ2v) is 8.13. The van der Waals surface area contributed by atoms with Gasteiger partial charge in [0.15, 0.2) is 11.1 Å². The summed E-state index contributed by atoms with van der Waals surface area (Å²) in [6.45, 7) is 2.06. The van der Waals surface area contributed by atoms with Crippen LogP contribution in [0.25, 0.3) is 6.08 Å². The van der Waals surface area contributed by atoms with Crippen LogP contribution < -0.4 is 10.2 Å². The van der Waals surface area contributed by atoms with Gasteiger partial charge in [-0.1, -0.05) is 15.9 Å². The normalized spacial score (nSPS) is 20.8. The summed E-state index contributed by atoms with van der Waals surface area (Å²) in [7, 11) is 0. The van der Waals surface area contributed by atoms with Crippen molar-refractivity contribution in [3.8, 4) is 0 Å². The second kappa shape index (κ2) is 7.72. The lowest BCUT2D eigenvalue weighted by Gasteiger charge is -2.25. The average Bonchev–Trinajstić information content (AvgIpc) is 3.25. The van der Waals surface area contributed by atoms with Crippen molar-refractivity contribution in [1.82, 2.24) is 5.32 Å². The van der Waals surface area contributed by atoms with Crippen LogP contribution in [0.3, 0.4) is 0 Å². The molecule has 26 heavy (non-hydrogen) atoms. The highest BCUT2D eigenvalue weighted by molar-refractivity contribution is 9.10. The Bertz CT molecular complexity index is 867. The number of furan rings is 1. The van der Waals surface area contributed by atoms with E-state index in [1.165, 1.54) is 31.0 Å². The fraction of sp³-hybridized carbons (Fsp3) is 0.263. The molecule has 0 unspecified atom stereocenters. The summed E-state index contributed by atoms with van der Waals surface area (Å²) in [5.74, 6) is 1.42. The monoisotopic (exact) mass is 431 g/mol. The number of aliphatic imine (C=N–C) groups is 1. The number of piperidine rings is 1. The molecule has 0 bridgehead atoms. The summed E-state index contributed by atoms with van der Waals surface area (Å²) < 4.78 is 6.90. The Morgan fingerprint density at radius 1 is 1.12 bits per heavy atom. The van der Waals surface area contributed by atoms with Gasteiger partial charge in [-0.3, -0.25) is 4.79 Å². The number of anilines is 1. The number of benzene rings is 1. The van der Waals surface area contributed by atoms with E-state index in [4.69, 9.17) is 4.42 Å². The number of carbonyl (C=O) groups excluding carboxylic acids is 1. The molecular formula is C19H18BrN3O2S. The van der Waals surface area contributed by atoms with Gasteiger partial charge in [-0.15, -0.1) is 0 Å². The largest absolute Gasteiger partial charge is 0.441 e. The molecule has 0 radical (unpaired) electrons. The van der Waals surface area contributed by atoms with Crippen LogP contribution in [0.5, 0.6) is 0 Å². The van der Waals surface area contributed by atoms with E-state index in [0.29, 0.717) is 15.8 Å². The molecule has 0 aliphatic carbocycles. The third kappa shape index (κ3) is 4.04. The zero-order chi connectivity index (χ0) is 17.9. The Kier molecular flexibility index (Phi) is 5.17. The van der Waals surface area contributed by atoms with Crippen LogP contribution in [0.1, 0.15) is 25.0 Å². The van der Waals surface area contributed by atoms with Gasteiger partial charge in [-0.25, -0.2) is 4.99 Å². The molecule has 1 aromatic carbocycles. The maximum atomic E-state index is 12.2. The number of carbonyl (C=O) groups is 1. The summed E-state index contributed by atoms with van der Waals surface area (Å²) >= 11 is 4.72. The van der Waals surface area contributed by atoms with E-state index in [9.17, 15) is 4.79 Å². The van der Waals surface area contributed by atoms with Crippen molar-refractivity contribution in [3.63, 3.8) is 0 Å². The molecule has 2 aromatic rings. The summed E-state index contributed by atoms with van der Waals surface area (Å²) in [6.07, 6.45) is 5.46. The number of rotatable bonds is 3. The highest BCUT2D eigenvalue weighted by Gasteiger charge is 2.24. The number of nitrogens with one attached hydrogen (secondary N) is 1. The zero-order valence-electron chi connectivity index (χ0n) is 14.1. The fourth-order valence-corrected chi connectivity index (χ4v) is 4.03. The smallest absolute Gasteiger partial charge is 0.264 e. The predicted molar refractivity (Wildman–Crippen MR) is 110 cm³/mol. The first-order valence-corrected chi connectivity index (χ1v) is 10.2. The van der Waals surface area contributed by atoms with Crippen LogP contribution in [0, 0.1) is 0 Å². The van der Waals surface area contributed by atoms with Crippen molar-refractivity contribution < 1.29 is 9.21 Å². The minimum atomic E-state index is -0.151. The number of nitrogens with zero attached hydrogens (tertiary/aromatic N) is 2. The number of amides is 1. The molecule has 1 amide bonds. The molecule has 5 nitrogen and oxygen atoms in total. The number of amidine groups is 1. The van der Waals surface area contributed by atoms with Gasteiger partial charge in [0.1, 0.15) is 5.76 Å². The molecule has 2 aliphatic rings. The Morgan fingerprint density at radius 3 is 2.65 bits per heavy atom. The molecule has 134 valence electrons. The van der Waals surface area contributed by atoms with E-state index in [0.717, 1.165) is 29.1 Å². The summed E-state index contributed by atoms with van der Waals surface area (Å²) in [4.78, 5) is 19.5. The van der Waals surface area contributed by atoms with Crippen molar-refractivity contribution in [2.24, 2.45) is 4.99 Å². The van der Waals surface area contributed by atoms with Crippen LogP contribution in [-0.4, -0.2) is 24.2 Å². The Labute approximate surface area is 164 Å². The Morgan fingerprint density at radius 2 is 1.88 bits per heavy atom. The topological polar surface area (TPSA) is 57.8 Å². The van der Waals surface area contributed by atoms with Gasteiger partial charge in [0.25, 0.3) is 5.91 Å². The van der Waals surface area contributed by atoms with Crippen molar-refractivity contribution in [2.75, 3.05) is 18.0 Å². The van der Waals surface area contributed by atoms with Crippen molar-refractivity contribution in [2.45, 2.75) is 19.3 Å². The first kappa shape index (κ1) is 17.4. The average molecular weight is 432 g/mol. The molecule has 3 heterocycles. The molecule has 2 aliphatic heterocycles. The lowest BCUT2D eigenvalue weighted by Crippen LogP contribution is -2.28. The van der Waals surface area contributed by atoms with E-state index in [2.05, 4.69) is 31.1 Å². The standard InChI is InChI=1S/C19H18BrN3O2S/c20-13-4-6-14(7-5-13)21-19-22-18(24)16(26-19)12-15-8-9-17(25-15)23-10-2-1-3-11-23/h4-9,12H,1-3,10-11H2,(H,21,22,24)/b16-12-. The molecule has 2 fully saturated rings. The molecule has 0 spiro atoms. The SMILES string of the molecule is O=C1NC(=Nc2ccc(Br)cc2)S/C1=C\c1ccc(N2CCCCC2)o1. The van der Waals surface area contributed by atoms with Crippen LogP contribution in [0.15, 0.2) is 55.2 Å². The third-order valence-electron chi connectivity index (χ3n) is 4.26. The van der Waals surface area contributed by atoms with Gasteiger partial charge < -0.3 is 14.6 Å². The third-order valence-corrected chi connectivity index (χ3v) is 5.70. The minimum Gasteiger partial charge on any atom is -0.441 e. The number of hydrogen-bond donors (Lipinski definition) is 1. The first-order valence-electron chi connectivity index (χ1n) is 8.57. The van der Waals surface area contributed by atoms with Crippen LogP contribution in [-0.2, 0) is 4.79 Å². The van der Waals surface area contributed by atoms with Crippen LogP contribution in [0.4, 0.5) is 11.6 Å². The summed E-state index contributed by atoms with van der Waals surface area (Å²) in [5, 5.41) is 3.37. The molecule has 7 heteroatoms. The molecule has 1 aromatic heterocycles. The molecule has 4 rings (SSSR count). The minimum absolute atomic E-state index is 0.151. The highest BCUT2D eigenvalue weighted by atomic mass is 79.9. The van der Waals surface area contributed by atoms with Gasteiger partial charge in [-0.05, 0) is 61.4 Å². The lowest BCUT2D eigenvalue weighted by molar-refractivity contribution is -0.115. The predicted octanol–water partition coefficient (Wildman–Crippen LogP) is 4.92. The van der Waals surface area contributed by atoms with Crippen molar-refractivity contribution in [1.29, 1.82) is 0 Å². The van der Waals surface area contributed by atoms with Crippen molar-refractivity contribution >= 4 is 56.4 Å². The molecule has 0 atom stereocenters. The molecule has 2 saturated heterocycles. The fourth-order valence-electron chi connectivity index (χ4n) is 2.95. The molecule has 0 saturated carbocycles. The maximum absolute atomic E-state index is 12.2. The van der Waals surface area contributed by atoms with Gasteiger partial charge >= 0.3 is 0 Å². The van der Waals surface area contributed by atoms with E-state index < -0.39 is 0 Å². The maximum Gasteiger partial charge on any atom is 0.264 e. The quantitative estimate of drug-likeness (QED) is 0.700. The van der Waals surface area contributed by atoms with E-state index in [1.807, 2.05) is 36.4 Å². The summed E-state index contributed by atoms with van der Waals surface area (Å²) in [5.41, 5.74) is 0.794. The lowest BCUT2D eigenvalue weighted by atomic mass is 10.1. The highest BCUT2D eigenvalue weighted by Crippen LogP contribution is 2.30. The van der Waals surface area contributed by atoms with Gasteiger partial charge in [0.2, 0.25) is 0 Å². The Hall–Kier alpha value is -1.99. The van der Waals surface area contributed by atoms with Gasteiger partial charge in [-0.2, -0.15) is 0 Å². The Balaban J connectivity index is 1.48. The molecule has 1 N–H and O–H groups in total. The van der Waals surface area contributed by atoms with Gasteiger partial charge in [0.05, 0.1) is 10.6 Å². The summed E-state index contributed by atoms with van der Waals surface area (Å²) in [6, 6.07) is 11.5. The van der Waals surface area contributed by atoms with E-state index in [-0.39, 0.29) is 5.91 Å². The first-order chi connectivity index (χ1) is 12.7. The van der Waals surface area contributed by atoms with E-state index in [1.54, 1.807) is 6.08 Å². The zero-order valence-corrected chi connectivity index (χ0v) is 16.5. The number of thioether (sulfide) groups is 1.